The molecule has 0 aliphatic rings. The van der Waals surface area contributed by atoms with Crippen LogP contribution in [0.2, 0.25) is 0 Å². The van der Waals surface area contributed by atoms with Crippen LogP contribution in [0, 0.1) is 0 Å². The standard InChI is InChI=1S/C74H122O6/c1-4-7-10-13-16-19-22-25-28-30-32-34-35-36-37-38-39-41-42-44-46-49-52-55-58-61-64-67-73(76)79-70-71(69-78-72(75)66-63-60-57-54-51-48-27-24-21-18-15-12-9-6-3)80-74(77)68-65-62-59-56-53-50-47-45-43-40-33-31-29-26-23-20-17-14-11-8-5-2/h7,10,16,19,23-28,31-34,36-37,39,41,43-46,71H,4-6,8-9,11-15,17-18,20-22,29-30,35,38,40,42,47-70H2,1-3H3/b10-7-,19-16-,26-23-,27-24-,28-25-,33-31-,34-32-,37-36-,41-39-,45-43-,46-44-. The first kappa shape index (κ1) is 75.5. The Hall–Kier alpha value is -4.45. The molecule has 6 heteroatoms. The summed E-state index contributed by atoms with van der Waals surface area (Å²) in [4.78, 5) is 38.4. The number of carbonyl (C=O) groups excluding carboxylic acids is 3. The maximum atomic E-state index is 12.9. The third kappa shape index (κ3) is 64.4. The summed E-state index contributed by atoms with van der Waals surface area (Å²) < 4.78 is 16.9. The van der Waals surface area contributed by atoms with Crippen LogP contribution in [0.25, 0.3) is 0 Å². The SMILES string of the molecule is CC/C=C\C/C=C\C/C=C\C/C=C\C/C=C\C/C=C\C/C=C\CCCCCCCC(=O)OCC(COC(=O)CCCCCCC/C=C\CCCCCCC)OC(=O)CCCCCCCC/C=C\C/C=C\C/C=C\CCCCCCC. The second kappa shape index (κ2) is 67.1. The lowest BCUT2D eigenvalue weighted by Crippen LogP contribution is -2.30. The van der Waals surface area contributed by atoms with Crippen LogP contribution in [-0.2, 0) is 28.6 Å². The van der Waals surface area contributed by atoms with E-state index in [1.54, 1.807) is 0 Å². The molecule has 0 aliphatic carbocycles. The Balaban J connectivity index is 4.44. The summed E-state index contributed by atoms with van der Waals surface area (Å²) in [6.07, 6.45) is 94.5. The number of carbonyl (C=O) groups is 3. The van der Waals surface area contributed by atoms with Gasteiger partial charge >= 0.3 is 17.9 Å². The molecule has 0 aromatic heterocycles. The average molecular weight is 1110 g/mol. The summed E-state index contributed by atoms with van der Waals surface area (Å²) in [5, 5.41) is 0. The van der Waals surface area contributed by atoms with Crippen LogP contribution in [-0.4, -0.2) is 37.2 Å². The fourth-order valence-electron chi connectivity index (χ4n) is 8.89. The van der Waals surface area contributed by atoms with Gasteiger partial charge in [-0.2, -0.15) is 0 Å². The highest BCUT2D eigenvalue weighted by Crippen LogP contribution is 2.14. The van der Waals surface area contributed by atoms with Crippen molar-refractivity contribution >= 4 is 17.9 Å². The molecule has 1 atom stereocenters. The maximum absolute atomic E-state index is 12.9. The molecule has 0 spiro atoms. The van der Waals surface area contributed by atoms with E-state index in [9.17, 15) is 14.4 Å². The summed E-state index contributed by atoms with van der Waals surface area (Å²) in [6.45, 7) is 6.48. The van der Waals surface area contributed by atoms with Crippen LogP contribution in [0.4, 0.5) is 0 Å². The summed E-state index contributed by atoms with van der Waals surface area (Å²) in [6, 6.07) is 0. The summed E-state index contributed by atoms with van der Waals surface area (Å²) in [5.74, 6) is -0.934. The van der Waals surface area contributed by atoms with Crippen molar-refractivity contribution in [2.75, 3.05) is 13.2 Å². The zero-order chi connectivity index (χ0) is 57.8. The van der Waals surface area contributed by atoms with Crippen molar-refractivity contribution in [2.45, 2.75) is 303 Å². The Kier molecular flexibility index (Phi) is 63.3. The molecule has 6 nitrogen and oxygen atoms in total. The van der Waals surface area contributed by atoms with E-state index in [2.05, 4.69) is 154 Å². The Morgan fingerprint density at radius 1 is 0.263 bits per heavy atom. The minimum atomic E-state index is -0.803. The number of rotatable bonds is 59. The predicted octanol–water partition coefficient (Wildman–Crippen LogP) is 22.9. The van der Waals surface area contributed by atoms with Gasteiger partial charge in [0.1, 0.15) is 13.2 Å². The molecule has 0 N–H and O–H groups in total. The molecule has 0 radical (unpaired) electrons. The second-order valence-corrected chi connectivity index (χ2v) is 21.6. The quantitative estimate of drug-likeness (QED) is 0.0261. The van der Waals surface area contributed by atoms with Crippen molar-refractivity contribution in [3.05, 3.63) is 134 Å². The molecule has 0 fully saturated rings. The predicted molar refractivity (Wildman–Crippen MR) is 348 cm³/mol. The van der Waals surface area contributed by atoms with Crippen LogP contribution in [0.3, 0.4) is 0 Å². The molecule has 0 aromatic carbocycles. The highest BCUT2D eigenvalue weighted by molar-refractivity contribution is 5.71. The van der Waals surface area contributed by atoms with Crippen molar-refractivity contribution in [1.82, 2.24) is 0 Å². The Labute approximate surface area is 494 Å². The molecule has 0 saturated carbocycles. The van der Waals surface area contributed by atoms with Crippen LogP contribution < -0.4 is 0 Å². The van der Waals surface area contributed by atoms with Crippen LogP contribution in [0.1, 0.15) is 297 Å². The molecule has 0 rings (SSSR count). The van der Waals surface area contributed by atoms with E-state index < -0.39 is 6.10 Å². The minimum absolute atomic E-state index is 0.0972. The molecular formula is C74H122O6. The molecule has 0 heterocycles. The van der Waals surface area contributed by atoms with E-state index >= 15 is 0 Å². The van der Waals surface area contributed by atoms with Gasteiger partial charge in [-0.05, 0) is 141 Å². The van der Waals surface area contributed by atoms with Crippen LogP contribution in [0.15, 0.2) is 134 Å². The number of unbranched alkanes of at least 4 members (excludes halogenated alkanes) is 26. The highest BCUT2D eigenvalue weighted by atomic mass is 16.6. The molecule has 80 heavy (non-hydrogen) atoms. The van der Waals surface area contributed by atoms with Gasteiger partial charge < -0.3 is 14.2 Å². The van der Waals surface area contributed by atoms with E-state index in [1.165, 1.54) is 96.3 Å². The van der Waals surface area contributed by atoms with Gasteiger partial charge in [0.15, 0.2) is 6.10 Å². The van der Waals surface area contributed by atoms with Crippen LogP contribution >= 0.6 is 0 Å². The number of esters is 3. The largest absolute Gasteiger partial charge is 0.462 e. The fourth-order valence-corrected chi connectivity index (χ4v) is 8.89. The summed E-state index contributed by atoms with van der Waals surface area (Å²) in [5.41, 5.74) is 0. The van der Waals surface area contributed by atoms with Crippen molar-refractivity contribution in [3.8, 4) is 0 Å². The average Bonchev–Trinajstić information content (AvgIpc) is 3.46. The van der Waals surface area contributed by atoms with Gasteiger partial charge in [-0.25, -0.2) is 0 Å². The minimum Gasteiger partial charge on any atom is -0.462 e. The molecule has 1 unspecified atom stereocenters. The zero-order valence-corrected chi connectivity index (χ0v) is 52.0. The van der Waals surface area contributed by atoms with E-state index in [0.717, 1.165) is 161 Å². The van der Waals surface area contributed by atoms with Gasteiger partial charge in [-0.3, -0.25) is 14.4 Å². The lowest BCUT2D eigenvalue weighted by molar-refractivity contribution is -0.167. The van der Waals surface area contributed by atoms with E-state index in [1.807, 2.05) is 0 Å². The van der Waals surface area contributed by atoms with Gasteiger partial charge in [0.2, 0.25) is 0 Å². The first-order valence-corrected chi connectivity index (χ1v) is 33.2. The normalized spacial score (nSPS) is 13.0. The molecule has 0 aromatic rings. The van der Waals surface area contributed by atoms with Gasteiger partial charge in [0.25, 0.3) is 0 Å². The fraction of sp³-hybridized carbons (Fsp3) is 0.662. The first-order valence-electron chi connectivity index (χ1n) is 33.2. The zero-order valence-electron chi connectivity index (χ0n) is 52.0. The van der Waals surface area contributed by atoms with Crippen molar-refractivity contribution < 1.29 is 28.6 Å². The summed E-state index contributed by atoms with van der Waals surface area (Å²) in [7, 11) is 0. The van der Waals surface area contributed by atoms with Crippen molar-refractivity contribution in [1.29, 1.82) is 0 Å². The third-order valence-corrected chi connectivity index (χ3v) is 13.9. The number of hydrogen-bond acceptors (Lipinski definition) is 6. The lowest BCUT2D eigenvalue weighted by atomic mass is 10.1. The van der Waals surface area contributed by atoms with Gasteiger partial charge in [-0.1, -0.05) is 270 Å². The van der Waals surface area contributed by atoms with Crippen LogP contribution in [0.5, 0.6) is 0 Å². The highest BCUT2D eigenvalue weighted by Gasteiger charge is 2.19. The van der Waals surface area contributed by atoms with Gasteiger partial charge in [0, 0.05) is 19.3 Å². The Bertz CT molecular complexity index is 1700. The van der Waals surface area contributed by atoms with E-state index in [0.29, 0.717) is 19.3 Å². The smallest absolute Gasteiger partial charge is 0.306 e. The second-order valence-electron chi connectivity index (χ2n) is 21.6. The molecule has 0 amide bonds. The lowest BCUT2D eigenvalue weighted by Gasteiger charge is -2.18. The Morgan fingerprint density at radius 2 is 0.487 bits per heavy atom. The van der Waals surface area contributed by atoms with E-state index in [-0.39, 0.29) is 31.1 Å². The first-order chi connectivity index (χ1) is 39.5. The number of ether oxygens (including phenoxy) is 3. The van der Waals surface area contributed by atoms with Gasteiger partial charge in [-0.15, -0.1) is 0 Å². The topological polar surface area (TPSA) is 78.9 Å². The van der Waals surface area contributed by atoms with Crippen molar-refractivity contribution in [2.24, 2.45) is 0 Å². The number of allylic oxidation sites excluding steroid dienone is 22. The molecule has 0 bridgehead atoms. The number of hydrogen-bond donors (Lipinski definition) is 0. The third-order valence-electron chi connectivity index (χ3n) is 13.9. The molecular weight excluding hydrogens is 985 g/mol. The van der Waals surface area contributed by atoms with Gasteiger partial charge in [0.05, 0.1) is 0 Å². The summed E-state index contributed by atoms with van der Waals surface area (Å²) >= 11 is 0. The monoisotopic (exact) mass is 1110 g/mol. The maximum Gasteiger partial charge on any atom is 0.306 e. The molecule has 0 saturated heterocycles. The van der Waals surface area contributed by atoms with E-state index in [4.69, 9.17) is 14.2 Å². The van der Waals surface area contributed by atoms with Crippen molar-refractivity contribution in [3.63, 3.8) is 0 Å². The molecule has 454 valence electrons. The molecule has 0 aliphatic heterocycles. The Morgan fingerprint density at radius 3 is 0.775 bits per heavy atom.